The molecule has 1 aromatic carbocycles. The highest BCUT2D eigenvalue weighted by molar-refractivity contribution is 8.18. The predicted octanol–water partition coefficient (Wildman–Crippen LogP) is 3.19. The number of carbonyl (C=O) groups excluding carboxylic acids is 3. The van der Waals surface area contributed by atoms with Gasteiger partial charge in [-0.2, -0.15) is 0 Å². The molecule has 3 amide bonds. The summed E-state index contributed by atoms with van der Waals surface area (Å²) in [7, 11) is 0. The van der Waals surface area contributed by atoms with Gasteiger partial charge in [0.1, 0.15) is 0 Å². The quantitative estimate of drug-likeness (QED) is 0.796. The Morgan fingerprint density at radius 3 is 2.92 bits per heavy atom. The Morgan fingerprint density at radius 2 is 2.21 bits per heavy atom. The summed E-state index contributed by atoms with van der Waals surface area (Å²) in [6, 6.07) is 7.51. The van der Waals surface area contributed by atoms with Crippen LogP contribution in [-0.2, 0) is 16.0 Å². The van der Waals surface area contributed by atoms with Gasteiger partial charge in [0.15, 0.2) is 5.13 Å². The lowest BCUT2D eigenvalue weighted by atomic mass is 10.1. The van der Waals surface area contributed by atoms with Gasteiger partial charge < -0.3 is 0 Å². The van der Waals surface area contributed by atoms with Crippen molar-refractivity contribution in [1.82, 2.24) is 10.3 Å². The molecule has 0 unspecified atom stereocenters. The van der Waals surface area contributed by atoms with Gasteiger partial charge in [0.25, 0.3) is 17.1 Å². The Balaban J connectivity index is 1.63. The van der Waals surface area contributed by atoms with Crippen LogP contribution >= 0.6 is 34.7 Å². The molecule has 0 spiro atoms. The zero-order valence-corrected chi connectivity index (χ0v) is 14.4. The van der Waals surface area contributed by atoms with Crippen LogP contribution in [0.25, 0.3) is 0 Å². The van der Waals surface area contributed by atoms with E-state index in [1.165, 1.54) is 11.3 Å². The van der Waals surface area contributed by atoms with Crippen molar-refractivity contribution >= 4 is 56.9 Å². The van der Waals surface area contributed by atoms with Crippen molar-refractivity contribution in [3.05, 3.63) is 56.9 Å². The molecular formula is C15H10ClN3O3S2. The first-order valence-corrected chi connectivity index (χ1v) is 8.76. The second-order valence-electron chi connectivity index (χ2n) is 4.78. The van der Waals surface area contributed by atoms with E-state index in [0.717, 1.165) is 16.5 Å². The molecule has 0 aliphatic carbocycles. The van der Waals surface area contributed by atoms with Gasteiger partial charge in [0.05, 0.1) is 4.91 Å². The fourth-order valence-electron chi connectivity index (χ4n) is 1.98. The highest BCUT2D eigenvalue weighted by Crippen LogP contribution is 2.24. The third-order valence-corrected chi connectivity index (χ3v) is 4.91. The minimum absolute atomic E-state index is 0.0632. The third-order valence-electron chi connectivity index (χ3n) is 2.96. The normalized spacial score (nSPS) is 15.6. The van der Waals surface area contributed by atoms with E-state index in [9.17, 15) is 14.4 Å². The maximum absolute atomic E-state index is 11.9. The first kappa shape index (κ1) is 16.7. The summed E-state index contributed by atoms with van der Waals surface area (Å²) >= 11 is 7.98. The number of hydrogen-bond acceptors (Lipinski definition) is 6. The number of imide groups is 1. The molecule has 3 rings (SSSR count). The van der Waals surface area contributed by atoms with Crippen LogP contribution in [0.15, 0.2) is 41.4 Å². The third kappa shape index (κ3) is 4.22. The minimum Gasteiger partial charge on any atom is -0.298 e. The second kappa shape index (κ2) is 7.16. The smallest absolute Gasteiger partial charge is 0.290 e. The number of hydrogen-bond donors (Lipinski definition) is 2. The molecule has 2 N–H and O–H groups in total. The highest BCUT2D eigenvalue weighted by atomic mass is 35.5. The molecule has 9 heteroatoms. The van der Waals surface area contributed by atoms with Gasteiger partial charge >= 0.3 is 0 Å². The van der Waals surface area contributed by atoms with Gasteiger partial charge in [0.2, 0.25) is 0 Å². The SMILES string of the molecule is O=C(/C=C1\SC(=O)NC1=O)Nc1ncc(Cc2cccc(Cl)c2)s1. The van der Waals surface area contributed by atoms with E-state index in [4.69, 9.17) is 11.6 Å². The summed E-state index contributed by atoms with van der Waals surface area (Å²) in [6.45, 7) is 0. The van der Waals surface area contributed by atoms with E-state index in [-0.39, 0.29) is 4.91 Å². The molecule has 6 nitrogen and oxygen atoms in total. The Labute approximate surface area is 150 Å². The van der Waals surface area contributed by atoms with E-state index in [0.29, 0.717) is 28.3 Å². The zero-order valence-electron chi connectivity index (χ0n) is 12.0. The molecule has 2 aromatic rings. The van der Waals surface area contributed by atoms with Crippen LogP contribution in [0, 0.1) is 0 Å². The number of nitrogens with zero attached hydrogens (tertiary/aromatic N) is 1. The zero-order chi connectivity index (χ0) is 17.1. The molecule has 24 heavy (non-hydrogen) atoms. The van der Waals surface area contributed by atoms with Gasteiger partial charge in [-0.25, -0.2) is 4.98 Å². The minimum atomic E-state index is -0.569. The van der Waals surface area contributed by atoms with E-state index in [1.54, 1.807) is 12.3 Å². The van der Waals surface area contributed by atoms with Gasteiger partial charge in [-0.1, -0.05) is 23.7 Å². The lowest BCUT2D eigenvalue weighted by molar-refractivity contribution is -0.116. The van der Waals surface area contributed by atoms with Crippen molar-refractivity contribution in [1.29, 1.82) is 0 Å². The molecule has 122 valence electrons. The summed E-state index contributed by atoms with van der Waals surface area (Å²) in [4.78, 5) is 39.5. The highest BCUT2D eigenvalue weighted by Gasteiger charge is 2.26. The van der Waals surface area contributed by atoms with Crippen LogP contribution in [0.5, 0.6) is 0 Å². The number of rotatable bonds is 4. The molecule has 0 radical (unpaired) electrons. The lowest BCUT2D eigenvalue weighted by Gasteiger charge is -1.99. The second-order valence-corrected chi connectivity index (χ2v) is 7.35. The van der Waals surface area contributed by atoms with Gasteiger partial charge in [-0.15, -0.1) is 11.3 Å². The Bertz CT molecular complexity index is 863. The Morgan fingerprint density at radius 1 is 1.38 bits per heavy atom. The number of nitrogens with one attached hydrogen (secondary N) is 2. The van der Waals surface area contributed by atoms with Crippen molar-refractivity contribution in [3.8, 4) is 0 Å². The number of benzene rings is 1. The summed E-state index contributed by atoms with van der Waals surface area (Å²) in [5, 5.41) is 5.27. The lowest BCUT2D eigenvalue weighted by Crippen LogP contribution is -2.18. The van der Waals surface area contributed by atoms with Crippen LogP contribution in [0.3, 0.4) is 0 Å². The first-order chi connectivity index (χ1) is 11.5. The van der Waals surface area contributed by atoms with Gasteiger partial charge in [0, 0.05) is 28.6 Å². The van der Waals surface area contributed by atoms with Crippen molar-refractivity contribution in [2.24, 2.45) is 0 Å². The summed E-state index contributed by atoms with van der Waals surface area (Å²) in [5.74, 6) is -1.08. The molecule has 0 saturated carbocycles. The average Bonchev–Trinajstić information content (AvgIpc) is 3.05. The van der Waals surface area contributed by atoms with Crippen LogP contribution < -0.4 is 10.6 Å². The number of carbonyl (C=O) groups is 3. The van der Waals surface area contributed by atoms with Crippen molar-refractivity contribution in [3.63, 3.8) is 0 Å². The van der Waals surface area contributed by atoms with Crippen LogP contribution in [-0.4, -0.2) is 22.0 Å². The van der Waals surface area contributed by atoms with Crippen LogP contribution in [0.4, 0.5) is 9.93 Å². The van der Waals surface area contributed by atoms with Gasteiger partial charge in [-0.3, -0.25) is 25.0 Å². The predicted molar refractivity (Wildman–Crippen MR) is 94.2 cm³/mol. The maximum atomic E-state index is 11.9. The fourth-order valence-corrected chi connectivity index (χ4v) is 3.69. The largest absolute Gasteiger partial charge is 0.298 e. The molecule has 1 aliphatic heterocycles. The molecule has 1 aliphatic rings. The number of aromatic nitrogens is 1. The standard InChI is InChI=1S/C15H10ClN3O3S2/c16-9-3-1-2-8(4-9)5-10-7-17-14(23-10)18-12(20)6-11-13(21)19-15(22)24-11/h1-4,6-7H,5H2,(H,17,18,20)(H,19,21,22)/b11-6-. The van der Waals surface area contributed by atoms with Crippen molar-refractivity contribution < 1.29 is 14.4 Å². The van der Waals surface area contributed by atoms with Crippen LogP contribution in [0.2, 0.25) is 5.02 Å². The van der Waals surface area contributed by atoms with Crippen LogP contribution in [0.1, 0.15) is 10.4 Å². The molecule has 1 saturated heterocycles. The molecule has 0 bridgehead atoms. The first-order valence-electron chi connectivity index (χ1n) is 6.74. The molecule has 1 aromatic heterocycles. The number of amides is 3. The number of anilines is 1. The summed E-state index contributed by atoms with van der Waals surface area (Å²) < 4.78 is 0. The van der Waals surface area contributed by atoms with E-state index < -0.39 is 17.1 Å². The van der Waals surface area contributed by atoms with Crippen molar-refractivity contribution in [2.75, 3.05) is 5.32 Å². The Kier molecular flexibility index (Phi) is 4.98. The van der Waals surface area contributed by atoms with E-state index in [1.807, 2.05) is 18.2 Å². The van der Waals surface area contributed by atoms with E-state index >= 15 is 0 Å². The summed E-state index contributed by atoms with van der Waals surface area (Å²) in [5.41, 5.74) is 1.05. The molecule has 1 fully saturated rings. The number of halogens is 1. The summed E-state index contributed by atoms with van der Waals surface area (Å²) in [6.07, 6.45) is 3.42. The topological polar surface area (TPSA) is 88.2 Å². The maximum Gasteiger partial charge on any atom is 0.290 e. The monoisotopic (exact) mass is 379 g/mol. The van der Waals surface area contributed by atoms with Gasteiger partial charge in [-0.05, 0) is 29.5 Å². The molecule has 0 atom stereocenters. The molecule has 2 heterocycles. The number of thiazole rings is 1. The Hall–Kier alpha value is -2.16. The fraction of sp³-hybridized carbons (Fsp3) is 0.0667. The molecular weight excluding hydrogens is 370 g/mol. The van der Waals surface area contributed by atoms with Crippen molar-refractivity contribution in [2.45, 2.75) is 6.42 Å². The average molecular weight is 380 g/mol. The van der Waals surface area contributed by atoms with E-state index in [2.05, 4.69) is 15.6 Å². The number of thioether (sulfide) groups is 1.